The number of nitrogens with one attached hydrogen (secondary N) is 1. The van der Waals surface area contributed by atoms with Gasteiger partial charge in [-0.1, -0.05) is 13.0 Å². The highest BCUT2D eigenvalue weighted by atomic mass is 32.2. The number of amides is 1. The summed E-state index contributed by atoms with van der Waals surface area (Å²) >= 11 is 0. The van der Waals surface area contributed by atoms with Gasteiger partial charge in [0.05, 0.1) is 4.90 Å². The van der Waals surface area contributed by atoms with E-state index in [4.69, 9.17) is 9.47 Å². The van der Waals surface area contributed by atoms with Crippen LogP contribution in [0, 0.1) is 5.92 Å². The fourth-order valence-corrected chi connectivity index (χ4v) is 4.93. The lowest BCUT2D eigenvalue weighted by Crippen LogP contribution is -2.37. The minimum atomic E-state index is -3.50. The zero-order valence-electron chi connectivity index (χ0n) is 16.7. The van der Waals surface area contributed by atoms with Crippen LogP contribution < -0.4 is 14.8 Å². The molecule has 0 aromatic heterocycles. The number of hydrogen-bond donors (Lipinski definition) is 1. The van der Waals surface area contributed by atoms with E-state index in [0.717, 1.165) is 18.4 Å². The summed E-state index contributed by atoms with van der Waals surface area (Å²) in [4.78, 5) is 12.4. The second-order valence-corrected chi connectivity index (χ2v) is 9.48. The minimum Gasteiger partial charge on any atom is -0.454 e. The SMILES string of the molecule is CC1CCN(S(=O)(=O)c2ccc(NC(=O)/C=C/c3ccc4c(c3)OCO4)cc2)CC1. The van der Waals surface area contributed by atoms with Crippen LogP contribution in [0.3, 0.4) is 0 Å². The Morgan fingerprint density at radius 3 is 2.50 bits per heavy atom. The van der Waals surface area contributed by atoms with Crippen molar-refractivity contribution < 1.29 is 22.7 Å². The van der Waals surface area contributed by atoms with Gasteiger partial charge in [-0.15, -0.1) is 0 Å². The lowest BCUT2D eigenvalue weighted by Gasteiger charge is -2.29. The van der Waals surface area contributed by atoms with Crippen molar-refractivity contribution in [2.24, 2.45) is 5.92 Å². The molecule has 1 N–H and O–H groups in total. The number of carbonyl (C=O) groups excluding carboxylic acids is 1. The minimum absolute atomic E-state index is 0.200. The Kier molecular flexibility index (Phi) is 5.78. The first-order valence-electron chi connectivity index (χ1n) is 9.91. The number of nitrogens with zero attached hydrogens (tertiary/aromatic N) is 1. The molecule has 8 heteroatoms. The van der Waals surface area contributed by atoms with E-state index >= 15 is 0 Å². The number of anilines is 1. The molecule has 0 spiro atoms. The van der Waals surface area contributed by atoms with Crippen LogP contribution in [0.25, 0.3) is 6.08 Å². The maximum Gasteiger partial charge on any atom is 0.248 e. The zero-order valence-corrected chi connectivity index (χ0v) is 17.5. The topological polar surface area (TPSA) is 84.9 Å². The predicted molar refractivity (Wildman–Crippen MR) is 114 cm³/mol. The van der Waals surface area contributed by atoms with E-state index in [-0.39, 0.29) is 17.6 Å². The Morgan fingerprint density at radius 1 is 1.07 bits per heavy atom. The molecule has 30 heavy (non-hydrogen) atoms. The molecule has 7 nitrogen and oxygen atoms in total. The Hall–Kier alpha value is -2.84. The smallest absolute Gasteiger partial charge is 0.248 e. The van der Waals surface area contributed by atoms with Gasteiger partial charge in [0.15, 0.2) is 11.5 Å². The van der Waals surface area contributed by atoms with E-state index in [0.29, 0.717) is 36.2 Å². The van der Waals surface area contributed by atoms with Crippen LogP contribution in [0.5, 0.6) is 11.5 Å². The zero-order chi connectivity index (χ0) is 21.1. The van der Waals surface area contributed by atoms with Crippen LogP contribution in [0.1, 0.15) is 25.3 Å². The number of sulfonamides is 1. The van der Waals surface area contributed by atoms with E-state index in [2.05, 4.69) is 12.2 Å². The molecule has 0 aliphatic carbocycles. The quantitative estimate of drug-likeness (QED) is 0.737. The summed E-state index contributed by atoms with van der Waals surface area (Å²) in [5.74, 6) is 1.58. The van der Waals surface area contributed by atoms with Gasteiger partial charge in [-0.25, -0.2) is 8.42 Å². The summed E-state index contributed by atoms with van der Waals surface area (Å²) in [6, 6.07) is 11.7. The third-order valence-corrected chi connectivity index (χ3v) is 7.24. The number of fused-ring (bicyclic) bond motifs is 1. The van der Waals surface area contributed by atoms with Crippen LogP contribution in [0.15, 0.2) is 53.4 Å². The highest BCUT2D eigenvalue weighted by Gasteiger charge is 2.27. The predicted octanol–water partition coefficient (Wildman–Crippen LogP) is 3.49. The molecule has 2 aromatic carbocycles. The summed E-state index contributed by atoms with van der Waals surface area (Å²) < 4.78 is 37.7. The van der Waals surface area contributed by atoms with Crippen LogP contribution >= 0.6 is 0 Å². The second kappa shape index (κ2) is 8.49. The molecule has 0 bridgehead atoms. The third kappa shape index (κ3) is 4.49. The van der Waals surface area contributed by atoms with Crippen molar-refractivity contribution in [3.8, 4) is 11.5 Å². The lowest BCUT2D eigenvalue weighted by molar-refractivity contribution is -0.111. The maximum absolute atomic E-state index is 12.8. The van der Waals surface area contributed by atoms with Gasteiger partial charge in [0.1, 0.15) is 0 Å². The molecule has 1 saturated heterocycles. The van der Waals surface area contributed by atoms with Gasteiger partial charge in [0.2, 0.25) is 22.7 Å². The van der Waals surface area contributed by atoms with Gasteiger partial charge in [-0.2, -0.15) is 4.31 Å². The van der Waals surface area contributed by atoms with Crippen molar-refractivity contribution in [1.82, 2.24) is 4.31 Å². The first-order valence-corrected chi connectivity index (χ1v) is 11.3. The van der Waals surface area contributed by atoms with Crippen molar-refractivity contribution in [2.45, 2.75) is 24.7 Å². The average Bonchev–Trinajstić information content (AvgIpc) is 3.21. The number of benzene rings is 2. The maximum atomic E-state index is 12.8. The highest BCUT2D eigenvalue weighted by Crippen LogP contribution is 2.32. The molecule has 2 aromatic rings. The van der Waals surface area contributed by atoms with E-state index in [1.54, 1.807) is 30.3 Å². The van der Waals surface area contributed by atoms with Crippen LogP contribution in [-0.4, -0.2) is 38.5 Å². The molecule has 0 radical (unpaired) electrons. The first-order chi connectivity index (χ1) is 14.4. The number of ether oxygens (including phenoxy) is 2. The normalized spacial score (nSPS) is 17.4. The van der Waals surface area contributed by atoms with Crippen LogP contribution in [-0.2, 0) is 14.8 Å². The van der Waals surface area contributed by atoms with Crippen molar-refractivity contribution in [3.05, 3.63) is 54.1 Å². The molecule has 2 aliphatic heterocycles. The van der Waals surface area contributed by atoms with Crippen LogP contribution in [0.4, 0.5) is 5.69 Å². The second-order valence-electron chi connectivity index (χ2n) is 7.55. The molecule has 158 valence electrons. The van der Waals surface area contributed by atoms with Crippen molar-refractivity contribution >= 4 is 27.7 Å². The molecule has 2 aliphatic rings. The molecular formula is C22H24N2O5S. The number of rotatable bonds is 5. The van der Waals surface area contributed by atoms with Gasteiger partial charge >= 0.3 is 0 Å². The largest absolute Gasteiger partial charge is 0.454 e. The number of carbonyl (C=O) groups is 1. The molecule has 1 amide bonds. The van der Waals surface area contributed by atoms with E-state index in [1.807, 2.05) is 6.07 Å². The van der Waals surface area contributed by atoms with Gasteiger partial charge in [-0.05, 0) is 66.8 Å². The van der Waals surface area contributed by atoms with Gasteiger partial charge in [0.25, 0.3) is 0 Å². The fraction of sp³-hybridized carbons (Fsp3) is 0.318. The number of hydrogen-bond acceptors (Lipinski definition) is 5. The van der Waals surface area contributed by atoms with Crippen molar-refractivity contribution in [3.63, 3.8) is 0 Å². The molecule has 4 rings (SSSR count). The average molecular weight is 429 g/mol. The Labute approximate surface area is 176 Å². The van der Waals surface area contributed by atoms with Crippen molar-refractivity contribution in [2.75, 3.05) is 25.2 Å². The van der Waals surface area contributed by atoms with E-state index in [9.17, 15) is 13.2 Å². The summed E-state index contributed by atoms with van der Waals surface area (Å²) in [5.41, 5.74) is 1.34. The third-order valence-electron chi connectivity index (χ3n) is 5.33. The first kappa shape index (κ1) is 20.4. The summed E-state index contributed by atoms with van der Waals surface area (Å²) in [6.07, 6.45) is 4.84. The number of piperidine rings is 1. The molecule has 0 saturated carbocycles. The monoisotopic (exact) mass is 428 g/mol. The Balaban J connectivity index is 1.37. The fourth-order valence-electron chi connectivity index (χ4n) is 3.46. The molecular weight excluding hydrogens is 404 g/mol. The molecule has 1 fully saturated rings. The van der Waals surface area contributed by atoms with Gasteiger partial charge < -0.3 is 14.8 Å². The summed E-state index contributed by atoms with van der Waals surface area (Å²) in [7, 11) is -3.50. The Bertz CT molecular complexity index is 1060. The lowest BCUT2D eigenvalue weighted by atomic mass is 10.0. The standard InChI is InChI=1S/C22H24N2O5S/c1-16-10-12-24(13-11-16)30(26,27)19-6-4-18(5-7-19)23-22(25)9-3-17-2-8-20-21(14-17)29-15-28-20/h2-9,14,16H,10-13,15H2,1H3,(H,23,25)/b9-3+. The molecule has 0 atom stereocenters. The van der Waals surface area contributed by atoms with E-state index in [1.165, 1.54) is 22.5 Å². The van der Waals surface area contributed by atoms with Gasteiger partial charge in [0, 0.05) is 24.9 Å². The van der Waals surface area contributed by atoms with Crippen molar-refractivity contribution in [1.29, 1.82) is 0 Å². The highest BCUT2D eigenvalue weighted by molar-refractivity contribution is 7.89. The Morgan fingerprint density at radius 2 is 1.77 bits per heavy atom. The van der Waals surface area contributed by atoms with Crippen LogP contribution in [0.2, 0.25) is 0 Å². The molecule has 2 heterocycles. The van der Waals surface area contributed by atoms with E-state index < -0.39 is 10.0 Å². The van der Waals surface area contributed by atoms with Gasteiger partial charge in [-0.3, -0.25) is 4.79 Å². The summed E-state index contributed by atoms with van der Waals surface area (Å²) in [6.45, 7) is 3.44. The summed E-state index contributed by atoms with van der Waals surface area (Å²) in [5, 5.41) is 2.74. The molecule has 0 unspecified atom stereocenters.